The summed E-state index contributed by atoms with van der Waals surface area (Å²) in [6.07, 6.45) is 0. The van der Waals surface area contributed by atoms with Gasteiger partial charge in [0.1, 0.15) is 0 Å². The molecule has 0 aliphatic heterocycles. The highest BCUT2D eigenvalue weighted by Crippen LogP contribution is 2.11. The quantitative estimate of drug-likeness (QED) is 0.462. The van der Waals surface area contributed by atoms with Gasteiger partial charge in [0.2, 0.25) is 5.76 Å². The molecular weight excluding hydrogens is 232 g/mol. The summed E-state index contributed by atoms with van der Waals surface area (Å²) in [6.45, 7) is 3.26. The van der Waals surface area contributed by atoms with Crippen molar-refractivity contribution < 1.29 is 19.1 Å². The minimum Gasteiger partial charge on any atom is -0.463 e. The van der Waals surface area contributed by atoms with Gasteiger partial charge in [-0.25, -0.2) is 9.59 Å². The fourth-order valence-electron chi connectivity index (χ4n) is 0.912. The molecular formula is C11H9ClO4. The Kier molecular flexibility index (Phi) is 4.08. The average Bonchev–Trinajstić information content (AvgIpc) is 2.28. The van der Waals surface area contributed by atoms with E-state index in [0.29, 0.717) is 5.02 Å². The number of benzene rings is 1. The molecule has 4 nitrogen and oxygen atoms in total. The van der Waals surface area contributed by atoms with E-state index in [-0.39, 0.29) is 11.3 Å². The van der Waals surface area contributed by atoms with Crippen LogP contribution in [0.4, 0.5) is 0 Å². The zero-order chi connectivity index (χ0) is 12.1. The van der Waals surface area contributed by atoms with Gasteiger partial charge in [-0.3, -0.25) is 0 Å². The number of ether oxygens (including phenoxy) is 2. The molecule has 0 aliphatic carbocycles. The Bertz CT molecular complexity index is 422. The molecule has 0 heterocycles. The molecule has 0 radical (unpaired) electrons. The molecule has 0 fully saturated rings. The zero-order valence-electron chi connectivity index (χ0n) is 8.53. The first-order chi connectivity index (χ1) is 7.54. The van der Waals surface area contributed by atoms with Gasteiger partial charge in [-0.05, 0) is 30.8 Å². The highest BCUT2D eigenvalue weighted by atomic mass is 35.5. The molecule has 5 heteroatoms. The first-order valence-electron chi connectivity index (χ1n) is 4.29. The van der Waals surface area contributed by atoms with Crippen LogP contribution in [0, 0.1) is 0 Å². The van der Waals surface area contributed by atoms with Crippen molar-refractivity contribution >= 4 is 23.5 Å². The maximum absolute atomic E-state index is 11.5. The molecule has 0 unspecified atom stereocenters. The Morgan fingerprint density at radius 2 is 1.81 bits per heavy atom. The van der Waals surface area contributed by atoms with Crippen molar-refractivity contribution in [1.29, 1.82) is 0 Å². The minimum atomic E-state index is -0.790. The van der Waals surface area contributed by atoms with E-state index >= 15 is 0 Å². The summed E-state index contributed by atoms with van der Waals surface area (Å²) < 4.78 is 9.01. The Balaban J connectivity index is 2.69. The van der Waals surface area contributed by atoms with Crippen molar-refractivity contribution in [2.24, 2.45) is 0 Å². The van der Waals surface area contributed by atoms with Gasteiger partial charge in [-0.15, -0.1) is 0 Å². The second kappa shape index (κ2) is 5.32. The Hall–Kier alpha value is -1.81. The SMILES string of the molecule is C=C(OC(=O)c1ccc(Cl)cc1)C(=O)OC. The molecule has 84 valence electrons. The Labute approximate surface area is 97.4 Å². The molecule has 0 bridgehead atoms. The highest BCUT2D eigenvalue weighted by molar-refractivity contribution is 6.30. The summed E-state index contributed by atoms with van der Waals surface area (Å²) in [7, 11) is 1.17. The van der Waals surface area contributed by atoms with Crippen molar-refractivity contribution in [3.8, 4) is 0 Å². The van der Waals surface area contributed by atoms with E-state index in [2.05, 4.69) is 16.1 Å². The molecule has 0 amide bonds. The first kappa shape index (κ1) is 12.3. The van der Waals surface area contributed by atoms with Crippen molar-refractivity contribution in [3.63, 3.8) is 0 Å². The standard InChI is InChI=1S/C11H9ClO4/c1-7(10(13)15-2)16-11(14)8-3-5-9(12)6-4-8/h3-6H,1H2,2H3. The van der Waals surface area contributed by atoms with E-state index in [1.807, 2.05) is 0 Å². The third kappa shape index (κ3) is 3.10. The molecule has 16 heavy (non-hydrogen) atoms. The molecule has 0 aromatic heterocycles. The van der Waals surface area contributed by atoms with Gasteiger partial charge in [0, 0.05) is 5.02 Å². The van der Waals surface area contributed by atoms with E-state index < -0.39 is 11.9 Å². The van der Waals surface area contributed by atoms with Crippen LogP contribution in [0.1, 0.15) is 10.4 Å². The smallest absolute Gasteiger partial charge is 0.373 e. The lowest BCUT2D eigenvalue weighted by Gasteiger charge is -2.04. The molecule has 1 rings (SSSR count). The molecule has 0 spiro atoms. The number of halogens is 1. The summed E-state index contributed by atoms with van der Waals surface area (Å²) in [5.74, 6) is -1.84. The summed E-state index contributed by atoms with van der Waals surface area (Å²) in [5, 5.41) is 0.503. The predicted octanol–water partition coefficient (Wildman–Crippen LogP) is 2.18. The third-order valence-electron chi connectivity index (χ3n) is 1.71. The normalized spacial score (nSPS) is 9.38. The van der Waals surface area contributed by atoms with E-state index in [0.717, 1.165) is 0 Å². The number of carbonyl (C=O) groups is 2. The van der Waals surface area contributed by atoms with E-state index in [1.165, 1.54) is 19.2 Å². The van der Waals surface area contributed by atoms with Crippen molar-refractivity contribution in [2.45, 2.75) is 0 Å². The second-order valence-corrected chi connectivity index (χ2v) is 3.25. The highest BCUT2D eigenvalue weighted by Gasteiger charge is 2.14. The molecule has 1 aromatic carbocycles. The maximum atomic E-state index is 11.5. The summed E-state index contributed by atoms with van der Waals surface area (Å²) in [5.41, 5.74) is 0.273. The van der Waals surface area contributed by atoms with Crippen LogP contribution in [0.15, 0.2) is 36.6 Å². The van der Waals surface area contributed by atoms with Gasteiger partial charge in [-0.1, -0.05) is 11.6 Å². The van der Waals surface area contributed by atoms with E-state index in [1.54, 1.807) is 12.1 Å². The Morgan fingerprint density at radius 3 is 2.31 bits per heavy atom. The van der Waals surface area contributed by atoms with Gasteiger partial charge in [0.15, 0.2) is 0 Å². The van der Waals surface area contributed by atoms with Crippen molar-refractivity contribution in [3.05, 3.63) is 47.2 Å². The summed E-state index contributed by atoms with van der Waals surface area (Å²) in [6, 6.07) is 6.04. The Morgan fingerprint density at radius 1 is 1.25 bits per heavy atom. The monoisotopic (exact) mass is 240 g/mol. The van der Waals surface area contributed by atoms with Crippen LogP contribution in [0.25, 0.3) is 0 Å². The van der Waals surface area contributed by atoms with Gasteiger partial charge in [-0.2, -0.15) is 0 Å². The largest absolute Gasteiger partial charge is 0.463 e. The number of esters is 2. The minimum absolute atomic E-state index is 0.273. The third-order valence-corrected chi connectivity index (χ3v) is 1.96. The number of hydrogen-bond donors (Lipinski definition) is 0. The topological polar surface area (TPSA) is 52.6 Å². The molecule has 0 saturated heterocycles. The van der Waals surface area contributed by atoms with Gasteiger partial charge < -0.3 is 9.47 Å². The molecule has 1 aromatic rings. The zero-order valence-corrected chi connectivity index (χ0v) is 9.28. The van der Waals surface area contributed by atoms with Crippen molar-refractivity contribution in [1.82, 2.24) is 0 Å². The lowest BCUT2D eigenvalue weighted by molar-refractivity contribution is -0.139. The summed E-state index contributed by atoms with van der Waals surface area (Å²) >= 11 is 5.65. The number of carbonyl (C=O) groups excluding carboxylic acids is 2. The van der Waals surface area contributed by atoms with Gasteiger partial charge in [0.25, 0.3) is 0 Å². The molecule has 0 aliphatic rings. The first-order valence-corrected chi connectivity index (χ1v) is 4.67. The predicted molar refractivity (Wildman–Crippen MR) is 58.0 cm³/mol. The fourth-order valence-corrected chi connectivity index (χ4v) is 1.04. The van der Waals surface area contributed by atoms with Crippen LogP contribution in [0.2, 0.25) is 5.02 Å². The van der Waals surface area contributed by atoms with Gasteiger partial charge in [0.05, 0.1) is 12.7 Å². The van der Waals surface area contributed by atoms with Crippen LogP contribution >= 0.6 is 11.6 Å². The summed E-state index contributed by atoms with van der Waals surface area (Å²) in [4.78, 5) is 22.4. The number of methoxy groups -OCH3 is 1. The van der Waals surface area contributed by atoms with Gasteiger partial charge >= 0.3 is 11.9 Å². The van der Waals surface area contributed by atoms with Crippen LogP contribution in [-0.2, 0) is 14.3 Å². The number of hydrogen-bond acceptors (Lipinski definition) is 4. The van der Waals surface area contributed by atoms with Crippen LogP contribution in [0.3, 0.4) is 0 Å². The van der Waals surface area contributed by atoms with Crippen molar-refractivity contribution in [2.75, 3.05) is 7.11 Å². The molecule has 0 N–H and O–H groups in total. The van der Waals surface area contributed by atoms with E-state index in [4.69, 9.17) is 11.6 Å². The number of rotatable bonds is 3. The molecule has 0 saturated carbocycles. The van der Waals surface area contributed by atoms with E-state index in [9.17, 15) is 9.59 Å². The van der Waals surface area contributed by atoms with Crippen LogP contribution in [-0.4, -0.2) is 19.0 Å². The maximum Gasteiger partial charge on any atom is 0.373 e. The average molecular weight is 241 g/mol. The molecule has 0 atom stereocenters. The fraction of sp³-hybridized carbons (Fsp3) is 0.0909. The van der Waals surface area contributed by atoms with Crippen LogP contribution in [0.5, 0.6) is 0 Å². The lowest BCUT2D eigenvalue weighted by Crippen LogP contribution is -2.12. The van der Waals surface area contributed by atoms with Crippen LogP contribution < -0.4 is 0 Å². The second-order valence-electron chi connectivity index (χ2n) is 2.81. The lowest BCUT2D eigenvalue weighted by atomic mass is 10.2.